The summed E-state index contributed by atoms with van der Waals surface area (Å²) in [6, 6.07) is 0. The quantitative estimate of drug-likeness (QED) is 0.580. The summed E-state index contributed by atoms with van der Waals surface area (Å²) < 4.78 is 0. The molecule has 0 aromatic heterocycles. The van der Waals surface area contributed by atoms with Gasteiger partial charge >= 0.3 is 91.6 Å². The third kappa shape index (κ3) is 1.05. The largest absolute Gasteiger partial charge is 3.00 e. The van der Waals surface area contributed by atoms with E-state index in [1.54, 1.807) is 0 Å². The van der Waals surface area contributed by atoms with Gasteiger partial charge in [-0.2, -0.15) is 0 Å². The first-order chi connectivity index (χ1) is 5.97. The van der Waals surface area contributed by atoms with Crippen LogP contribution in [0.1, 0.15) is 0 Å². The monoisotopic (exact) mass is 317 g/mol. The molecule has 71 valence electrons. The van der Waals surface area contributed by atoms with Gasteiger partial charge < -0.3 is 0 Å². The fourth-order valence-corrected chi connectivity index (χ4v) is 1.03. The van der Waals surface area contributed by atoms with Crippen molar-refractivity contribution >= 4 is 0 Å². The summed E-state index contributed by atoms with van der Waals surface area (Å²) in [6.45, 7) is 0. The van der Waals surface area contributed by atoms with Crippen LogP contribution in [0, 0.1) is 61.6 Å². The summed E-state index contributed by atoms with van der Waals surface area (Å²) in [6.07, 6.45) is 0. The molecule has 0 unspecified atom stereocenters. The summed E-state index contributed by atoms with van der Waals surface area (Å²) in [5, 5.41) is 57.6. The van der Waals surface area contributed by atoms with Gasteiger partial charge in [-0.25, -0.2) is 0 Å². The SMILES string of the molecule is N#[C][Co-3]([C]#N)([C]#N)([C]#N)([C]#N)[C]#N.[Ru+3]. The molecule has 0 atom stereocenters. The van der Waals surface area contributed by atoms with Crippen molar-refractivity contribution in [2.75, 3.05) is 0 Å². The summed E-state index contributed by atoms with van der Waals surface area (Å²) in [5.41, 5.74) is 0. The van der Waals surface area contributed by atoms with E-state index in [0.29, 0.717) is 0 Å². The van der Waals surface area contributed by atoms with Gasteiger partial charge in [-0.1, -0.05) is 0 Å². The van der Waals surface area contributed by atoms with Gasteiger partial charge in [0.2, 0.25) is 0 Å². The molecule has 6 nitrogen and oxygen atoms in total. The molecule has 0 heterocycles. The van der Waals surface area contributed by atoms with E-state index in [9.17, 15) is 0 Å². The van der Waals surface area contributed by atoms with E-state index in [-0.39, 0.29) is 19.5 Å². The maximum Gasteiger partial charge on any atom is 3.00 e. The van der Waals surface area contributed by atoms with Crippen molar-refractivity contribution in [2.24, 2.45) is 0 Å². The Morgan fingerprint density at radius 2 is 0.643 bits per heavy atom. The molecule has 0 bridgehead atoms. The molecule has 0 saturated heterocycles. The number of rotatable bonds is 0. The second-order valence-electron chi connectivity index (χ2n) is 1.70. The van der Waals surface area contributed by atoms with Crippen LogP contribution in [0.4, 0.5) is 0 Å². The molecular weight excluding hydrogens is 316 g/mol. The van der Waals surface area contributed by atoms with Crippen LogP contribution in [-0.2, 0) is 30.0 Å². The molecule has 14 heavy (non-hydrogen) atoms. The zero-order chi connectivity index (χ0) is 10.7. The smallest absolute Gasteiger partial charge is 3.00 e. The molecule has 0 rings (SSSR count). The van der Waals surface area contributed by atoms with E-state index in [0.717, 1.165) is 30.0 Å². The van der Waals surface area contributed by atoms with Crippen molar-refractivity contribution in [3.63, 3.8) is 0 Å². The molecule has 0 aromatic rings. The predicted molar refractivity (Wildman–Crippen MR) is 33.7 cm³/mol. The van der Waals surface area contributed by atoms with Crippen molar-refractivity contribution in [1.82, 2.24) is 0 Å². The zero-order valence-corrected chi connectivity index (χ0v) is 9.15. The van der Waals surface area contributed by atoms with E-state index in [1.807, 2.05) is 0 Å². The van der Waals surface area contributed by atoms with Crippen LogP contribution in [0.5, 0.6) is 0 Å². The summed E-state index contributed by atoms with van der Waals surface area (Å²) in [4.78, 5) is 0. The minimum atomic E-state index is -6.03. The number of hydrogen-bond acceptors (Lipinski definition) is 6. The number of nitriles is 6. The van der Waals surface area contributed by atoms with Crippen LogP contribution >= 0.6 is 0 Å². The second kappa shape index (κ2) is 3.09. The maximum absolute atomic E-state index is 8.58. The van der Waals surface area contributed by atoms with Gasteiger partial charge in [0.15, 0.2) is 0 Å². The van der Waals surface area contributed by atoms with Crippen LogP contribution in [-0.4, -0.2) is 0 Å². The van der Waals surface area contributed by atoms with Crippen molar-refractivity contribution in [3.8, 4) is 30.0 Å². The predicted octanol–water partition coefficient (Wildman–Crippen LogP) is 0.0957. The Kier molecular flexibility index (Phi) is 3.22. The van der Waals surface area contributed by atoms with Crippen molar-refractivity contribution < 1.29 is 30.0 Å². The Labute approximate surface area is 91.5 Å². The molecular formula is C6CoN6Ru. The molecule has 1 radical (unpaired) electrons. The number of nitrogens with zero attached hydrogens (tertiary/aromatic N) is 6. The van der Waals surface area contributed by atoms with Gasteiger partial charge in [-0.05, 0) is 0 Å². The Bertz CT molecular complexity index is 392. The third-order valence-electron chi connectivity index (χ3n) is 1.12. The van der Waals surface area contributed by atoms with Gasteiger partial charge in [-0.15, -0.1) is 0 Å². The van der Waals surface area contributed by atoms with E-state index in [4.69, 9.17) is 31.6 Å². The summed E-state index contributed by atoms with van der Waals surface area (Å²) in [7, 11) is -6.03. The first-order valence-corrected chi connectivity index (χ1v) is 5.46. The maximum atomic E-state index is 8.58. The number of hydrogen-bond donors (Lipinski definition) is 0. The minimum absolute atomic E-state index is 0. The van der Waals surface area contributed by atoms with E-state index < -0.39 is 10.5 Å². The van der Waals surface area contributed by atoms with E-state index in [2.05, 4.69) is 0 Å². The van der Waals surface area contributed by atoms with Crippen molar-refractivity contribution in [1.29, 1.82) is 31.6 Å². The first kappa shape index (κ1) is 14.6. The summed E-state index contributed by atoms with van der Waals surface area (Å²) >= 11 is 0. The Morgan fingerprint density at radius 3 is 0.643 bits per heavy atom. The molecule has 0 spiro atoms. The Morgan fingerprint density at radius 1 is 0.500 bits per heavy atom. The average Bonchev–Trinajstić information content (AvgIpc) is 2.26. The average molecular weight is 316 g/mol. The van der Waals surface area contributed by atoms with Gasteiger partial charge in [-0.3, -0.25) is 0 Å². The molecule has 0 amide bonds. The molecule has 0 fully saturated rings. The molecule has 0 aliphatic rings. The van der Waals surface area contributed by atoms with Gasteiger partial charge in [0.05, 0.1) is 0 Å². The van der Waals surface area contributed by atoms with E-state index in [1.165, 1.54) is 0 Å². The van der Waals surface area contributed by atoms with Crippen LogP contribution in [0.25, 0.3) is 0 Å². The summed E-state index contributed by atoms with van der Waals surface area (Å²) in [5.74, 6) is 0. The first-order valence-electron chi connectivity index (χ1n) is 2.34. The second-order valence-corrected chi connectivity index (χ2v) is 7.00. The normalized spacial score (nSPS) is 12.4. The standard InChI is InChI=1S/6CN.Co.Ru/c6*1-2;;/q;;;;;;-3;+3. The van der Waals surface area contributed by atoms with Gasteiger partial charge in [0, 0.05) is 0 Å². The van der Waals surface area contributed by atoms with Crippen LogP contribution in [0.15, 0.2) is 0 Å². The molecule has 0 N–H and O–H groups in total. The van der Waals surface area contributed by atoms with Crippen LogP contribution < -0.4 is 0 Å². The molecule has 0 aliphatic heterocycles. The Balaban J connectivity index is 0. The molecule has 0 aliphatic carbocycles. The van der Waals surface area contributed by atoms with E-state index >= 15 is 0 Å². The molecule has 0 saturated carbocycles. The van der Waals surface area contributed by atoms with Gasteiger partial charge in [0.25, 0.3) is 0 Å². The molecule has 0 aromatic carbocycles. The van der Waals surface area contributed by atoms with Crippen molar-refractivity contribution in [3.05, 3.63) is 0 Å². The zero-order valence-electron chi connectivity index (χ0n) is 6.37. The molecule has 8 heteroatoms. The fraction of sp³-hybridized carbons (Fsp3) is 0. The van der Waals surface area contributed by atoms with Crippen LogP contribution in [0.2, 0.25) is 0 Å². The minimum Gasteiger partial charge on any atom is 3.00 e. The third-order valence-corrected chi connectivity index (χ3v) is 4.61. The van der Waals surface area contributed by atoms with Crippen molar-refractivity contribution in [2.45, 2.75) is 0 Å². The topological polar surface area (TPSA) is 143 Å². The fourth-order valence-electron chi connectivity index (χ4n) is 0.250. The Hall–Kier alpha value is -1.93. The van der Waals surface area contributed by atoms with Crippen LogP contribution in [0.3, 0.4) is 0 Å². The van der Waals surface area contributed by atoms with Gasteiger partial charge in [0.1, 0.15) is 0 Å².